The highest BCUT2D eigenvalue weighted by atomic mass is 16.2. The average Bonchev–Trinajstić information content (AvgIpc) is 3.07. The number of hydrogen-bond acceptors (Lipinski definition) is 2. The molecule has 0 spiro atoms. The van der Waals surface area contributed by atoms with E-state index in [1.807, 2.05) is 24.3 Å². The van der Waals surface area contributed by atoms with E-state index in [4.69, 9.17) is 0 Å². The lowest BCUT2D eigenvalue weighted by atomic mass is 10.00. The highest BCUT2D eigenvalue weighted by Crippen LogP contribution is 2.41. The lowest BCUT2D eigenvalue weighted by molar-refractivity contribution is -0.120. The van der Waals surface area contributed by atoms with E-state index in [0.717, 1.165) is 12.1 Å². The number of nitrogens with zero attached hydrogens (tertiary/aromatic N) is 1. The number of carbonyl (C=O) groups is 2. The topological polar surface area (TPSA) is 37.4 Å². The molecule has 1 saturated carbocycles. The Morgan fingerprint density at radius 3 is 2.76 bits per heavy atom. The van der Waals surface area contributed by atoms with Gasteiger partial charge in [0.15, 0.2) is 5.78 Å². The molecule has 2 aliphatic rings. The molecule has 3 heteroatoms. The molecule has 0 radical (unpaired) electrons. The van der Waals surface area contributed by atoms with Crippen molar-refractivity contribution in [3.8, 4) is 0 Å². The van der Waals surface area contributed by atoms with Gasteiger partial charge < -0.3 is 4.90 Å². The number of anilines is 1. The molecular formula is C14H15NO2. The van der Waals surface area contributed by atoms with E-state index in [0.29, 0.717) is 24.4 Å². The SMILES string of the molecule is CC1CC1C(=O)N1CCC(=O)c2ccccc21. The number of rotatable bonds is 1. The van der Waals surface area contributed by atoms with Crippen molar-refractivity contribution >= 4 is 17.4 Å². The summed E-state index contributed by atoms with van der Waals surface area (Å²) in [5.41, 5.74) is 1.49. The van der Waals surface area contributed by atoms with Gasteiger partial charge in [-0.25, -0.2) is 0 Å². The first-order chi connectivity index (χ1) is 8.18. The van der Waals surface area contributed by atoms with Gasteiger partial charge in [-0.3, -0.25) is 9.59 Å². The van der Waals surface area contributed by atoms with Gasteiger partial charge >= 0.3 is 0 Å². The van der Waals surface area contributed by atoms with E-state index in [1.54, 1.807) is 4.90 Å². The minimum atomic E-state index is 0.147. The highest BCUT2D eigenvalue weighted by Gasteiger charge is 2.43. The standard InChI is InChI=1S/C14H15NO2/c1-9-8-11(9)14(17)15-7-6-13(16)10-4-2-3-5-12(10)15/h2-5,9,11H,6-8H2,1H3. The highest BCUT2D eigenvalue weighted by molar-refractivity contribution is 6.09. The molecule has 1 fully saturated rings. The van der Waals surface area contributed by atoms with Crippen LogP contribution < -0.4 is 4.90 Å². The first-order valence-corrected chi connectivity index (χ1v) is 6.12. The molecule has 1 amide bonds. The third-order valence-corrected chi connectivity index (χ3v) is 3.75. The van der Waals surface area contributed by atoms with Gasteiger partial charge in [0, 0.05) is 24.4 Å². The van der Waals surface area contributed by atoms with Crippen molar-refractivity contribution in [2.24, 2.45) is 11.8 Å². The number of fused-ring (bicyclic) bond motifs is 1. The van der Waals surface area contributed by atoms with Crippen LogP contribution >= 0.6 is 0 Å². The van der Waals surface area contributed by atoms with Gasteiger partial charge in [-0.1, -0.05) is 19.1 Å². The summed E-state index contributed by atoms with van der Waals surface area (Å²) in [6.45, 7) is 2.64. The molecule has 1 aliphatic carbocycles. The first kappa shape index (κ1) is 10.5. The number of benzene rings is 1. The fourth-order valence-electron chi connectivity index (χ4n) is 2.51. The molecule has 0 N–H and O–H groups in total. The summed E-state index contributed by atoms with van der Waals surface area (Å²) in [7, 11) is 0. The Morgan fingerprint density at radius 1 is 1.35 bits per heavy atom. The van der Waals surface area contributed by atoms with Crippen molar-refractivity contribution in [1.82, 2.24) is 0 Å². The monoisotopic (exact) mass is 229 g/mol. The van der Waals surface area contributed by atoms with Crippen LogP contribution in [0.2, 0.25) is 0 Å². The second-order valence-corrected chi connectivity index (χ2v) is 5.00. The molecule has 1 heterocycles. The van der Waals surface area contributed by atoms with Crippen LogP contribution in [0.1, 0.15) is 30.1 Å². The van der Waals surface area contributed by atoms with Crippen LogP contribution in [0, 0.1) is 11.8 Å². The van der Waals surface area contributed by atoms with Crippen LogP contribution in [0.4, 0.5) is 5.69 Å². The molecule has 88 valence electrons. The third-order valence-electron chi connectivity index (χ3n) is 3.75. The average molecular weight is 229 g/mol. The molecule has 17 heavy (non-hydrogen) atoms. The van der Waals surface area contributed by atoms with Crippen molar-refractivity contribution in [2.45, 2.75) is 19.8 Å². The summed E-state index contributed by atoms with van der Waals surface area (Å²) in [4.78, 5) is 25.8. The predicted octanol–water partition coefficient (Wildman–Crippen LogP) is 2.26. The maximum Gasteiger partial charge on any atom is 0.230 e. The minimum Gasteiger partial charge on any atom is -0.311 e. The quantitative estimate of drug-likeness (QED) is 0.740. The summed E-state index contributed by atoms with van der Waals surface area (Å²) >= 11 is 0. The maximum atomic E-state index is 12.3. The van der Waals surface area contributed by atoms with Gasteiger partial charge in [0.05, 0.1) is 5.69 Å². The van der Waals surface area contributed by atoms with E-state index < -0.39 is 0 Å². The molecular weight excluding hydrogens is 214 g/mol. The molecule has 1 aromatic carbocycles. The third kappa shape index (κ3) is 1.66. The molecule has 1 aromatic rings. The normalized spacial score (nSPS) is 26.6. The Kier molecular flexibility index (Phi) is 2.28. The Hall–Kier alpha value is -1.64. The van der Waals surface area contributed by atoms with Crippen LogP contribution in [0.3, 0.4) is 0 Å². The van der Waals surface area contributed by atoms with Crippen molar-refractivity contribution in [2.75, 3.05) is 11.4 Å². The maximum absolute atomic E-state index is 12.3. The summed E-state index contributed by atoms with van der Waals surface area (Å²) in [6.07, 6.45) is 1.44. The van der Waals surface area contributed by atoms with Gasteiger partial charge in [0.1, 0.15) is 0 Å². The van der Waals surface area contributed by atoms with Gasteiger partial charge in [-0.05, 0) is 24.5 Å². The Balaban J connectivity index is 1.95. The van der Waals surface area contributed by atoms with Crippen molar-refractivity contribution in [3.63, 3.8) is 0 Å². The van der Waals surface area contributed by atoms with Crippen molar-refractivity contribution in [3.05, 3.63) is 29.8 Å². The number of Topliss-reactive ketones (excluding diaryl/α,β-unsaturated/α-hetero) is 1. The minimum absolute atomic E-state index is 0.147. The number of ketones is 1. The summed E-state index contributed by atoms with van der Waals surface area (Å²) < 4.78 is 0. The summed E-state index contributed by atoms with van der Waals surface area (Å²) in [5.74, 6) is 1.02. The number of para-hydroxylation sites is 1. The Labute approximate surface area is 100 Å². The van der Waals surface area contributed by atoms with Gasteiger partial charge in [-0.15, -0.1) is 0 Å². The van der Waals surface area contributed by atoms with Crippen molar-refractivity contribution < 1.29 is 9.59 Å². The molecule has 3 nitrogen and oxygen atoms in total. The second kappa shape index (κ2) is 3.69. The smallest absolute Gasteiger partial charge is 0.230 e. The number of hydrogen-bond donors (Lipinski definition) is 0. The Bertz CT molecular complexity index is 495. The van der Waals surface area contributed by atoms with Crippen LogP contribution in [-0.4, -0.2) is 18.2 Å². The molecule has 3 rings (SSSR count). The lowest BCUT2D eigenvalue weighted by Crippen LogP contribution is -2.38. The van der Waals surface area contributed by atoms with E-state index in [9.17, 15) is 9.59 Å². The van der Waals surface area contributed by atoms with Gasteiger partial charge in [-0.2, -0.15) is 0 Å². The van der Waals surface area contributed by atoms with Crippen LogP contribution in [0.25, 0.3) is 0 Å². The lowest BCUT2D eigenvalue weighted by Gasteiger charge is -2.28. The predicted molar refractivity (Wildman–Crippen MR) is 65.0 cm³/mol. The number of carbonyl (C=O) groups excluding carboxylic acids is 2. The van der Waals surface area contributed by atoms with Crippen LogP contribution in [0.5, 0.6) is 0 Å². The number of amides is 1. The fourth-order valence-corrected chi connectivity index (χ4v) is 2.51. The molecule has 2 atom stereocenters. The zero-order valence-corrected chi connectivity index (χ0v) is 9.85. The second-order valence-electron chi connectivity index (χ2n) is 5.00. The van der Waals surface area contributed by atoms with Gasteiger partial charge in [0.25, 0.3) is 0 Å². The summed E-state index contributed by atoms with van der Waals surface area (Å²) in [5, 5.41) is 0. The van der Waals surface area contributed by atoms with Gasteiger partial charge in [0.2, 0.25) is 5.91 Å². The molecule has 0 saturated heterocycles. The van der Waals surface area contributed by atoms with E-state index >= 15 is 0 Å². The van der Waals surface area contributed by atoms with Crippen LogP contribution in [0.15, 0.2) is 24.3 Å². The molecule has 0 aromatic heterocycles. The zero-order valence-electron chi connectivity index (χ0n) is 9.85. The largest absolute Gasteiger partial charge is 0.311 e. The van der Waals surface area contributed by atoms with E-state index in [2.05, 4.69) is 6.92 Å². The molecule has 0 bridgehead atoms. The van der Waals surface area contributed by atoms with Crippen molar-refractivity contribution in [1.29, 1.82) is 0 Å². The molecule has 1 aliphatic heterocycles. The first-order valence-electron chi connectivity index (χ1n) is 6.12. The molecule has 2 unspecified atom stereocenters. The van der Waals surface area contributed by atoms with E-state index in [-0.39, 0.29) is 17.6 Å². The van der Waals surface area contributed by atoms with E-state index in [1.165, 1.54) is 0 Å². The van der Waals surface area contributed by atoms with Crippen LogP contribution in [-0.2, 0) is 4.79 Å². The zero-order chi connectivity index (χ0) is 12.0. The Morgan fingerprint density at radius 2 is 2.06 bits per heavy atom. The fraction of sp³-hybridized carbons (Fsp3) is 0.429. The summed E-state index contributed by atoms with van der Waals surface area (Å²) in [6, 6.07) is 7.42.